The van der Waals surface area contributed by atoms with E-state index in [-0.39, 0.29) is 5.91 Å². The van der Waals surface area contributed by atoms with Crippen molar-refractivity contribution in [2.24, 2.45) is 5.84 Å². The van der Waals surface area contributed by atoms with Crippen LogP contribution >= 0.6 is 0 Å². The maximum absolute atomic E-state index is 12.4. The number of nitrogens with one attached hydrogen (secondary N) is 2. The van der Waals surface area contributed by atoms with E-state index < -0.39 is 12.0 Å². The van der Waals surface area contributed by atoms with Crippen LogP contribution in [-0.2, 0) is 4.79 Å². The number of para-hydroxylation sites is 2. The van der Waals surface area contributed by atoms with Crippen LogP contribution in [0.3, 0.4) is 0 Å². The largest absolute Gasteiger partial charge is 0.492 e. The van der Waals surface area contributed by atoms with Crippen molar-refractivity contribution in [3.8, 4) is 11.5 Å². The first kappa shape index (κ1) is 18.3. The van der Waals surface area contributed by atoms with Gasteiger partial charge in [-0.1, -0.05) is 12.1 Å². The summed E-state index contributed by atoms with van der Waals surface area (Å²) in [7, 11) is 0. The van der Waals surface area contributed by atoms with Crippen molar-refractivity contribution in [2.75, 3.05) is 11.9 Å². The fraction of sp³-hybridized carbons (Fsp3) is 0.222. The molecule has 2 aromatic rings. The minimum atomic E-state index is -0.734. The molecule has 2 amide bonds. The highest BCUT2D eigenvalue weighted by Gasteiger charge is 2.14. The van der Waals surface area contributed by atoms with Crippen LogP contribution in [0.5, 0.6) is 11.5 Å². The second-order valence-corrected chi connectivity index (χ2v) is 5.18. The molecule has 0 aromatic heterocycles. The van der Waals surface area contributed by atoms with E-state index in [4.69, 9.17) is 15.3 Å². The number of amides is 2. The number of carbonyl (C=O) groups excluding carboxylic acids is 2. The fourth-order valence-corrected chi connectivity index (χ4v) is 2.11. The molecule has 25 heavy (non-hydrogen) atoms. The zero-order valence-corrected chi connectivity index (χ0v) is 14.1. The highest BCUT2D eigenvalue weighted by molar-refractivity contribution is 6.05. The highest BCUT2D eigenvalue weighted by Crippen LogP contribution is 2.24. The molecule has 4 N–H and O–H groups in total. The quantitative estimate of drug-likeness (QED) is 0.406. The van der Waals surface area contributed by atoms with Crippen LogP contribution in [0.15, 0.2) is 48.5 Å². The number of anilines is 1. The Balaban J connectivity index is 2.04. The van der Waals surface area contributed by atoms with E-state index >= 15 is 0 Å². The van der Waals surface area contributed by atoms with Gasteiger partial charge in [0.05, 0.1) is 12.3 Å². The summed E-state index contributed by atoms with van der Waals surface area (Å²) in [5.74, 6) is 5.42. The normalized spacial score (nSPS) is 11.3. The molecule has 1 unspecified atom stereocenters. The molecule has 2 rings (SSSR count). The minimum Gasteiger partial charge on any atom is -0.492 e. The minimum absolute atomic E-state index is 0.272. The van der Waals surface area contributed by atoms with Gasteiger partial charge >= 0.3 is 0 Å². The van der Waals surface area contributed by atoms with E-state index in [1.165, 1.54) is 0 Å². The summed E-state index contributed by atoms with van der Waals surface area (Å²) in [5, 5.41) is 2.81. The van der Waals surface area contributed by atoms with Crippen LogP contribution in [0.2, 0.25) is 0 Å². The zero-order valence-electron chi connectivity index (χ0n) is 14.1. The number of carbonyl (C=O) groups is 2. The summed E-state index contributed by atoms with van der Waals surface area (Å²) in [4.78, 5) is 23.7. The first-order chi connectivity index (χ1) is 12.0. The van der Waals surface area contributed by atoms with Gasteiger partial charge in [0.25, 0.3) is 11.8 Å². The number of benzene rings is 2. The van der Waals surface area contributed by atoms with Gasteiger partial charge in [-0.15, -0.1) is 0 Å². The smallest absolute Gasteiger partial charge is 0.274 e. The van der Waals surface area contributed by atoms with Gasteiger partial charge in [0, 0.05) is 5.56 Å². The second-order valence-electron chi connectivity index (χ2n) is 5.18. The molecule has 0 saturated carbocycles. The lowest BCUT2D eigenvalue weighted by molar-refractivity contribution is -0.127. The molecular formula is C18H21N3O4. The number of hydrogen-bond acceptors (Lipinski definition) is 5. The van der Waals surface area contributed by atoms with Crippen LogP contribution in [0.25, 0.3) is 0 Å². The van der Waals surface area contributed by atoms with E-state index in [1.54, 1.807) is 43.3 Å². The SMILES string of the molecule is CCOc1ccccc1NC(=O)c1ccc(OC(C)C(=O)NN)cc1. The summed E-state index contributed by atoms with van der Waals surface area (Å²) in [5.41, 5.74) is 3.07. The third kappa shape index (κ3) is 4.95. The molecule has 0 spiro atoms. The van der Waals surface area contributed by atoms with Crippen molar-refractivity contribution in [3.05, 3.63) is 54.1 Å². The molecule has 7 heteroatoms. The first-order valence-corrected chi connectivity index (χ1v) is 7.85. The molecule has 0 bridgehead atoms. The number of ether oxygens (including phenoxy) is 2. The Morgan fingerprint density at radius 1 is 1.12 bits per heavy atom. The molecule has 2 aromatic carbocycles. The van der Waals surface area contributed by atoms with Gasteiger partial charge in [0.15, 0.2) is 6.10 Å². The van der Waals surface area contributed by atoms with Crippen molar-refractivity contribution in [1.82, 2.24) is 5.43 Å². The molecule has 0 saturated heterocycles. The predicted octanol–water partition coefficient (Wildman–Crippen LogP) is 2.09. The van der Waals surface area contributed by atoms with Crippen LogP contribution in [0.4, 0.5) is 5.69 Å². The molecule has 0 aliphatic heterocycles. The Kier molecular flexibility index (Phi) is 6.36. The number of hydrazine groups is 1. The lowest BCUT2D eigenvalue weighted by Gasteiger charge is -2.13. The molecule has 132 valence electrons. The average Bonchev–Trinajstić information content (AvgIpc) is 2.63. The molecule has 0 radical (unpaired) electrons. The average molecular weight is 343 g/mol. The summed E-state index contributed by atoms with van der Waals surface area (Å²) >= 11 is 0. The fourth-order valence-electron chi connectivity index (χ4n) is 2.11. The van der Waals surface area contributed by atoms with Crippen LogP contribution in [-0.4, -0.2) is 24.5 Å². The van der Waals surface area contributed by atoms with E-state index in [0.717, 1.165) is 0 Å². The van der Waals surface area contributed by atoms with E-state index in [9.17, 15) is 9.59 Å². The molecule has 0 fully saturated rings. The molecule has 1 atom stereocenters. The van der Waals surface area contributed by atoms with Gasteiger partial charge in [-0.2, -0.15) is 0 Å². The third-order valence-corrected chi connectivity index (χ3v) is 3.38. The van der Waals surface area contributed by atoms with Crippen molar-refractivity contribution < 1.29 is 19.1 Å². The first-order valence-electron chi connectivity index (χ1n) is 7.85. The highest BCUT2D eigenvalue weighted by atomic mass is 16.5. The van der Waals surface area contributed by atoms with Crippen LogP contribution in [0.1, 0.15) is 24.2 Å². The predicted molar refractivity (Wildman–Crippen MR) is 94.4 cm³/mol. The van der Waals surface area contributed by atoms with Crippen LogP contribution < -0.4 is 26.1 Å². The molecule has 7 nitrogen and oxygen atoms in total. The summed E-state index contributed by atoms with van der Waals surface area (Å²) < 4.78 is 10.9. The summed E-state index contributed by atoms with van der Waals surface area (Å²) in [6, 6.07) is 13.7. The summed E-state index contributed by atoms with van der Waals surface area (Å²) in [6.07, 6.45) is -0.734. The van der Waals surface area contributed by atoms with Crippen molar-refractivity contribution >= 4 is 17.5 Å². The lowest BCUT2D eigenvalue weighted by atomic mass is 10.2. The van der Waals surface area contributed by atoms with Gasteiger partial charge in [-0.05, 0) is 50.2 Å². The van der Waals surface area contributed by atoms with Crippen molar-refractivity contribution in [3.63, 3.8) is 0 Å². The molecule has 0 heterocycles. The van der Waals surface area contributed by atoms with Crippen LogP contribution in [0, 0.1) is 0 Å². The second kappa shape index (κ2) is 8.70. The molecular weight excluding hydrogens is 322 g/mol. The monoisotopic (exact) mass is 343 g/mol. The number of nitrogens with two attached hydrogens (primary N) is 1. The number of hydrogen-bond donors (Lipinski definition) is 3. The zero-order chi connectivity index (χ0) is 18.2. The standard InChI is InChI=1S/C18H21N3O4/c1-3-24-16-7-5-4-6-15(16)20-18(23)13-8-10-14(11-9-13)25-12(2)17(22)21-19/h4-12H,3,19H2,1-2H3,(H,20,23)(H,21,22). The Morgan fingerprint density at radius 3 is 2.44 bits per heavy atom. The number of rotatable bonds is 7. The van der Waals surface area contributed by atoms with Crippen molar-refractivity contribution in [2.45, 2.75) is 20.0 Å². The maximum atomic E-state index is 12.4. The maximum Gasteiger partial charge on any atom is 0.274 e. The van der Waals surface area contributed by atoms with E-state index in [2.05, 4.69) is 5.32 Å². The van der Waals surface area contributed by atoms with Gasteiger partial charge in [-0.3, -0.25) is 15.0 Å². The topological polar surface area (TPSA) is 103 Å². The third-order valence-electron chi connectivity index (χ3n) is 3.38. The van der Waals surface area contributed by atoms with Gasteiger partial charge in [0.1, 0.15) is 11.5 Å². The molecule has 0 aliphatic carbocycles. The Bertz CT molecular complexity index is 731. The van der Waals surface area contributed by atoms with E-state index in [0.29, 0.717) is 29.4 Å². The van der Waals surface area contributed by atoms with E-state index in [1.807, 2.05) is 24.5 Å². The Morgan fingerprint density at radius 2 is 1.80 bits per heavy atom. The van der Waals surface area contributed by atoms with Gasteiger partial charge in [0.2, 0.25) is 0 Å². The van der Waals surface area contributed by atoms with Gasteiger partial charge in [-0.25, -0.2) is 5.84 Å². The lowest BCUT2D eigenvalue weighted by Crippen LogP contribution is -2.40. The summed E-state index contributed by atoms with van der Waals surface area (Å²) in [6.45, 7) is 3.96. The Labute approximate surface area is 146 Å². The molecule has 0 aliphatic rings. The van der Waals surface area contributed by atoms with Crippen molar-refractivity contribution in [1.29, 1.82) is 0 Å². The Hall–Kier alpha value is -3.06. The van der Waals surface area contributed by atoms with Gasteiger partial charge < -0.3 is 14.8 Å².